The van der Waals surface area contributed by atoms with Gasteiger partial charge in [0.05, 0.1) is 19.7 Å². The molecule has 29 heavy (non-hydrogen) atoms. The molecule has 2 rings (SSSR count). The van der Waals surface area contributed by atoms with Crippen LogP contribution in [-0.2, 0) is 10.8 Å². The van der Waals surface area contributed by atoms with Crippen LogP contribution in [0.3, 0.4) is 0 Å². The third-order valence-corrected chi connectivity index (χ3v) is 7.23. The molecule has 2 N–H and O–H groups in total. The van der Waals surface area contributed by atoms with E-state index in [0.717, 1.165) is 49.7 Å². The van der Waals surface area contributed by atoms with Crippen LogP contribution < -0.4 is 15.4 Å². The average Bonchev–Trinajstić information content (AvgIpc) is 2.73. The fourth-order valence-corrected chi connectivity index (χ4v) is 5.21. The van der Waals surface area contributed by atoms with E-state index in [2.05, 4.69) is 48.7 Å². The van der Waals surface area contributed by atoms with E-state index in [-0.39, 0.29) is 6.04 Å². The number of hydrogen-bond acceptors (Lipinski definition) is 4. The first-order chi connectivity index (χ1) is 14.0. The fourth-order valence-electron chi connectivity index (χ4n) is 3.86. The van der Waals surface area contributed by atoms with Crippen LogP contribution in [0.2, 0.25) is 0 Å². The summed E-state index contributed by atoms with van der Waals surface area (Å²) in [6.07, 6.45) is 4.26. The van der Waals surface area contributed by atoms with Crippen molar-refractivity contribution in [2.75, 3.05) is 40.0 Å². The van der Waals surface area contributed by atoms with Gasteiger partial charge in [-0.3, -0.25) is 9.20 Å². The Hall–Kier alpha value is -1.60. The lowest BCUT2D eigenvalue weighted by Crippen LogP contribution is -2.47. The predicted molar refractivity (Wildman–Crippen MR) is 123 cm³/mol. The molecule has 1 aliphatic carbocycles. The molecule has 1 aromatic rings. The maximum Gasteiger partial charge on any atom is 0.191 e. The van der Waals surface area contributed by atoms with Gasteiger partial charge in [0.15, 0.2) is 5.96 Å². The molecule has 0 radical (unpaired) electrons. The third kappa shape index (κ3) is 7.30. The molecule has 7 heteroatoms. The van der Waals surface area contributed by atoms with Gasteiger partial charge < -0.3 is 20.3 Å². The van der Waals surface area contributed by atoms with Crippen LogP contribution in [0.5, 0.6) is 5.75 Å². The van der Waals surface area contributed by atoms with Crippen LogP contribution in [0, 0.1) is 0 Å². The minimum absolute atomic E-state index is 0.159. The highest BCUT2D eigenvalue weighted by Crippen LogP contribution is 2.24. The van der Waals surface area contributed by atoms with Crippen molar-refractivity contribution < 1.29 is 8.95 Å². The Labute approximate surface area is 179 Å². The minimum atomic E-state index is -0.717. The van der Waals surface area contributed by atoms with Crippen molar-refractivity contribution in [3.63, 3.8) is 0 Å². The van der Waals surface area contributed by atoms with Gasteiger partial charge in [-0.15, -0.1) is 0 Å². The molecule has 0 saturated heterocycles. The molecule has 1 fully saturated rings. The largest absolute Gasteiger partial charge is 0.497 e. The molecule has 164 valence electrons. The first kappa shape index (κ1) is 23.7. The van der Waals surface area contributed by atoms with Gasteiger partial charge in [-0.25, -0.2) is 0 Å². The van der Waals surface area contributed by atoms with E-state index in [1.165, 1.54) is 5.56 Å². The number of methoxy groups -OCH3 is 1. The molecule has 1 aliphatic rings. The Kier molecular flexibility index (Phi) is 9.94. The molecule has 0 heterocycles. The zero-order chi connectivity index (χ0) is 21.2. The number of likely N-dealkylation sites (N-methyl/N-ethyl adjacent to an activating group) is 1. The molecule has 1 aromatic carbocycles. The summed E-state index contributed by atoms with van der Waals surface area (Å²) in [5.74, 6) is 2.45. The highest BCUT2D eigenvalue weighted by Gasteiger charge is 2.26. The second-order valence-corrected chi connectivity index (χ2v) is 9.78. The summed E-state index contributed by atoms with van der Waals surface area (Å²) in [5.41, 5.74) is 1.19. The standard InChI is InChI=1S/C22H38N4O2S/c1-6-23-22(25-18-11-9-13-20(15-18)29(27)7-2)24-16-21(26(3)4)17-10-8-12-19(14-17)28-5/h8,10,12,14,18,20-21H,6-7,9,11,13,15-16H2,1-5H3,(H2,23,24,25). The zero-order valence-corrected chi connectivity index (χ0v) is 19.4. The summed E-state index contributed by atoms with van der Waals surface area (Å²) >= 11 is 0. The number of ether oxygens (including phenoxy) is 1. The molecule has 0 bridgehead atoms. The van der Waals surface area contributed by atoms with Crippen LogP contribution in [0.25, 0.3) is 0 Å². The van der Waals surface area contributed by atoms with Crippen LogP contribution in [-0.4, -0.2) is 66.4 Å². The lowest BCUT2D eigenvalue weighted by molar-refractivity contribution is 0.304. The normalized spacial score (nSPS) is 22.2. The summed E-state index contributed by atoms with van der Waals surface area (Å²) in [7, 11) is 5.13. The molecule has 4 atom stereocenters. The highest BCUT2D eigenvalue weighted by molar-refractivity contribution is 7.85. The summed E-state index contributed by atoms with van der Waals surface area (Å²) in [5, 5.41) is 7.28. The van der Waals surface area contributed by atoms with Gasteiger partial charge in [0.1, 0.15) is 5.75 Å². The number of aliphatic imine (C=N–C) groups is 1. The third-order valence-electron chi connectivity index (χ3n) is 5.49. The summed E-state index contributed by atoms with van der Waals surface area (Å²) < 4.78 is 17.6. The van der Waals surface area contributed by atoms with Crippen LogP contribution >= 0.6 is 0 Å². The van der Waals surface area contributed by atoms with E-state index >= 15 is 0 Å². The number of guanidine groups is 1. The second kappa shape index (κ2) is 12.2. The Morgan fingerprint density at radius 2 is 2.14 bits per heavy atom. The van der Waals surface area contributed by atoms with Gasteiger partial charge in [-0.2, -0.15) is 0 Å². The molecule has 1 saturated carbocycles. The number of hydrogen-bond donors (Lipinski definition) is 2. The van der Waals surface area contributed by atoms with E-state index in [0.29, 0.717) is 17.8 Å². The SMILES string of the molecule is CCNC(=NCC(c1cccc(OC)c1)N(C)C)NC1CCCC(S(=O)CC)C1. The Bertz CT molecular complexity index is 681. The Morgan fingerprint density at radius 1 is 1.34 bits per heavy atom. The summed E-state index contributed by atoms with van der Waals surface area (Å²) in [4.78, 5) is 7.07. The van der Waals surface area contributed by atoms with Crippen LogP contribution in [0.15, 0.2) is 29.3 Å². The van der Waals surface area contributed by atoms with Gasteiger partial charge >= 0.3 is 0 Å². The van der Waals surface area contributed by atoms with Crippen molar-refractivity contribution >= 4 is 16.8 Å². The number of benzene rings is 1. The lowest BCUT2D eigenvalue weighted by Gasteiger charge is -2.30. The minimum Gasteiger partial charge on any atom is -0.497 e. The summed E-state index contributed by atoms with van der Waals surface area (Å²) in [6, 6.07) is 8.67. The maximum atomic E-state index is 12.2. The quantitative estimate of drug-likeness (QED) is 0.473. The van der Waals surface area contributed by atoms with Crippen molar-refractivity contribution in [2.24, 2.45) is 4.99 Å². The van der Waals surface area contributed by atoms with Crippen LogP contribution in [0.4, 0.5) is 0 Å². The van der Waals surface area contributed by atoms with Gasteiger partial charge in [0, 0.05) is 34.4 Å². The number of nitrogens with zero attached hydrogens (tertiary/aromatic N) is 2. The van der Waals surface area contributed by atoms with E-state index in [9.17, 15) is 4.21 Å². The van der Waals surface area contributed by atoms with Crippen molar-refractivity contribution in [3.05, 3.63) is 29.8 Å². The molecular formula is C22H38N4O2S. The van der Waals surface area contributed by atoms with E-state index < -0.39 is 10.8 Å². The van der Waals surface area contributed by atoms with Crippen molar-refractivity contribution in [1.29, 1.82) is 0 Å². The smallest absolute Gasteiger partial charge is 0.191 e. The van der Waals surface area contributed by atoms with Crippen LogP contribution in [0.1, 0.15) is 51.1 Å². The van der Waals surface area contributed by atoms with Crippen molar-refractivity contribution in [2.45, 2.75) is 56.9 Å². The zero-order valence-electron chi connectivity index (χ0n) is 18.6. The van der Waals surface area contributed by atoms with E-state index in [1.807, 2.05) is 19.1 Å². The fraction of sp³-hybridized carbons (Fsp3) is 0.682. The predicted octanol–water partition coefficient (Wildman–Crippen LogP) is 2.93. The van der Waals surface area contributed by atoms with Gasteiger partial charge in [-0.1, -0.05) is 25.5 Å². The Morgan fingerprint density at radius 3 is 2.79 bits per heavy atom. The molecule has 0 amide bonds. The molecule has 0 spiro atoms. The molecule has 4 unspecified atom stereocenters. The average molecular weight is 423 g/mol. The first-order valence-electron chi connectivity index (χ1n) is 10.7. The number of nitrogens with one attached hydrogen (secondary N) is 2. The first-order valence-corrected chi connectivity index (χ1v) is 12.1. The van der Waals surface area contributed by atoms with Gasteiger partial charge in [-0.05, 0) is 58.0 Å². The highest BCUT2D eigenvalue weighted by atomic mass is 32.2. The molecular weight excluding hydrogens is 384 g/mol. The summed E-state index contributed by atoms with van der Waals surface area (Å²) in [6.45, 7) is 5.55. The van der Waals surface area contributed by atoms with Gasteiger partial charge in [0.2, 0.25) is 0 Å². The van der Waals surface area contributed by atoms with Crippen molar-refractivity contribution in [3.8, 4) is 5.75 Å². The van der Waals surface area contributed by atoms with Gasteiger partial charge in [0.25, 0.3) is 0 Å². The molecule has 0 aromatic heterocycles. The second-order valence-electron chi connectivity index (χ2n) is 7.77. The monoisotopic (exact) mass is 422 g/mol. The number of rotatable bonds is 9. The van der Waals surface area contributed by atoms with E-state index in [4.69, 9.17) is 9.73 Å². The Balaban J connectivity index is 2.08. The maximum absolute atomic E-state index is 12.2. The molecule has 6 nitrogen and oxygen atoms in total. The topological polar surface area (TPSA) is 66.0 Å². The lowest BCUT2D eigenvalue weighted by atomic mass is 9.95. The van der Waals surface area contributed by atoms with Crippen molar-refractivity contribution in [1.82, 2.24) is 15.5 Å². The van der Waals surface area contributed by atoms with E-state index in [1.54, 1.807) is 7.11 Å². The molecule has 0 aliphatic heterocycles.